The van der Waals surface area contributed by atoms with E-state index in [0.717, 1.165) is 0 Å². The molecule has 0 aliphatic heterocycles. The molecule has 0 aliphatic carbocycles. The Kier molecular flexibility index (Phi) is 4.20. The number of halogens is 2. The highest BCUT2D eigenvalue weighted by molar-refractivity contribution is 5.69. The van der Waals surface area contributed by atoms with Crippen LogP contribution in [0.2, 0.25) is 0 Å². The second-order valence-electron chi connectivity index (χ2n) is 4.31. The number of nitrogens with two attached hydrogens (primary N) is 1. The van der Waals surface area contributed by atoms with Gasteiger partial charge in [0.15, 0.2) is 11.6 Å². The van der Waals surface area contributed by atoms with E-state index < -0.39 is 11.6 Å². The third-order valence-electron chi connectivity index (χ3n) is 3.17. The third kappa shape index (κ3) is 2.44. The lowest BCUT2D eigenvalue weighted by Crippen LogP contribution is -2.14. The van der Waals surface area contributed by atoms with Gasteiger partial charge in [-0.15, -0.1) is 0 Å². The number of ether oxygens (including phenoxy) is 1. The summed E-state index contributed by atoms with van der Waals surface area (Å²) in [6.07, 6.45) is 0. The van der Waals surface area contributed by atoms with Gasteiger partial charge in [-0.05, 0) is 18.2 Å². The monoisotopic (exact) mass is 278 g/mol. The summed E-state index contributed by atoms with van der Waals surface area (Å²) < 4.78 is 33.1. The molecule has 0 aromatic heterocycles. The largest absolute Gasteiger partial charge is 0.495 e. The van der Waals surface area contributed by atoms with Gasteiger partial charge in [0.05, 0.1) is 18.5 Å². The fourth-order valence-electron chi connectivity index (χ4n) is 2.03. The summed E-state index contributed by atoms with van der Waals surface area (Å²) in [5.74, 6) is -1.24. The molecule has 0 atom stereocenters. The standard InChI is InChI=1S/C15H16F2N2O/c1-19(11-5-3-4-6-13(11)20-2)12-8-7-10(9-18)14(16)15(12)17/h3-8H,9,18H2,1-2H3. The zero-order valence-electron chi connectivity index (χ0n) is 11.4. The normalized spacial score (nSPS) is 10.4. The topological polar surface area (TPSA) is 38.5 Å². The average Bonchev–Trinajstić information content (AvgIpc) is 2.49. The summed E-state index contributed by atoms with van der Waals surface area (Å²) in [5.41, 5.74) is 6.29. The number of para-hydroxylation sites is 2. The summed E-state index contributed by atoms with van der Waals surface area (Å²) in [6.45, 7) is -0.0403. The Labute approximate surface area is 116 Å². The highest BCUT2D eigenvalue weighted by Crippen LogP contribution is 2.34. The van der Waals surface area contributed by atoms with E-state index in [4.69, 9.17) is 10.5 Å². The van der Waals surface area contributed by atoms with Crippen LogP contribution < -0.4 is 15.4 Å². The molecule has 2 rings (SSSR count). The molecule has 2 aromatic rings. The molecule has 0 unspecified atom stereocenters. The Hall–Kier alpha value is -2.14. The summed E-state index contributed by atoms with van der Waals surface area (Å²) >= 11 is 0. The number of hydrogen-bond donors (Lipinski definition) is 1. The summed E-state index contributed by atoms with van der Waals surface area (Å²) in [5, 5.41) is 0. The average molecular weight is 278 g/mol. The Morgan fingerprint density at radius 2 is 1.75 bits per heavy atom. The molecule has 0 aliphatic rings. The first-order valence-corrected chi connectivity index (χ1v) is 6.13. The maximum absolute atomic E-state index is 14.1. The van der Waals surface area contributed by atoms with E-state index >= 15 is 0 Å². The second-order valence-corrected chi connectivity index (χ2v) is 4.31. The number of hydrogen-bond acceptors (Lipinski definition) is 3. The first-order valence-electron chi connectivity index (χ1n) is 6.13. The number of methoxy groups -OCH3 is 1. The van der Waals surface area contributed by atoms with Crippen molar-refractivity contribution in [2.24, 2.45) is 5.73 Å². The first kappa shape index (κ1) is 14.3. The smallest absolute Gasteiger partial charge is 0.182 e. The fraction of sp³-hybridized carbons (Fsp3) is 0.200. The molecular formula is C15H16F2N2O. The molecule has 3 nitrogen and oxygen atoms in total. The molecule has 0 radical (unpaired) electrons. The molecule has 2 N–H and O–H groups in total. The number of nitrogens with zero attached hydrogens (tertiary/aromatic N) is 1. The SMILES string of the molecule is COc1ccccc1N(C)c1ccc(CN)c(F)c1F. The lowest BCUT2D eigenvalue weighted by atomic mass is 10.1. The minimum absolute atomic E-state index is 0.0403. The van der Waals surface area contributed by atoms with Crippen molar-refractivity contribution in [3.63, 3.8) is 0 Å². The van der Waals surface area contributed by atoms with Gasteiger partial charge in [-0.25, -0.2) is 8.78 Å². The van der Waals surface area contributed by atoms with Gasteiger partial charge >= 0.3 is 0 Å². The predicted octanol–water partition coefficient (Wildman–Crippen LogP) is 3.20. The molecular weight excluding hydrogens is 262 g/mol. The lowest BCUT2D eigenvalue weighted by Gasteiger charge is -2.22. The van der Waals surface area contributed by atoms with Gasteiger partial charge < -0.3 is 15.4 Å². The van der Waals surface area contributed by atoms with Crippen LogP contribution in [0.3, 0.4) is 0 Å². The third-order valence-corrected chi connectivity index (χ3v) is 3.17. The maximum atomic E-state index is 14.1. The number of rotatable bonds is 4. The summed E-state index contributed by atoms with van der Waals surface area (Å²) in [4.78, 5) is 1.54. The van der Waals surface area contributed by atoms with E-state index in [0.29, 0.717) is 11.4 Å². The van der Waals surface area contributed by atoms with Crippen molar-refractivity contribution in [2.75, 3.05) is 19.1 Å². The van der Waals surface area contributed by atoms with Gasteiger partial charge in [0.1, 0.15) is 5.75 Å². The minimum Gasteiger partial charge on any atom is -0.495 e. The summed E-state index contributed by atoms with van der Waals surface area (Å²) in [7, 11) is 3.18. The first-order chi connectivity index (χ1) is 9.60. The predicted molar refractivity (Wildman–Crippen MR) is 75.3 cm³/mol. The quantitative estimate of drug-likeness (QED) is 0.933. The van der Waals surface area contributed by atoms with Crippen LogP contribution in [0.25, 0.3) is 0 Å². The van der Waals surface area contributed by atoms with Crippen LogP contribution in [0.1, 0.15) is 5.56 Å². The highest BCUT2D eigenvalue weighted by Gasteiger charge is 2.18. The van der Waals surface area contributed by atoms with Crippen molar-refractivity contribution in [2.45, 2.75) is 6.54 Å². The zero-order chi connectivity index (χ0) is 14.7. The Morgan fingerprint density at radius 3 is 2.40 bits per heavy atom. The van der Waals surface area contributed by atoms with Crippen molar-refractivity contribution >= 4 is 11.4 Å². The van der Waals surface area contributed by atoms with Gasteiger partial charge in [0, 0.05) is 19.2 Å². The van der Waals surface area contributed by atoms with E-state index in [1.54, 1.807) is 25.2 Å². The van der Waals surface area contributed by atoms with Gasteiger partial charge in [-0.1, -0.05) is 18.2 Å². The zero-order valence-corrected chi connectivity index (χ0v) is 11.4. The Balaban J connectivity index is 2.48. The van der Waals surface area contributed by atoms with Crippen LogP contribution in [0.5, 0.6) is 5.75 Å². The van der Waals surface area contributed by atoms with Crippen LogP contribution in [-0.2, 0) is 6.54 Å². The fourth-order valence-corrected chi connectivity index (χ4v) is 2.03. The molecule has 0 saturated carbocycles. The molecule has 0 fully saturated rings. The molecule has 0 amide bonds. The highest BCUT2D eigenvalue weighted by atomic mass is 19.2. The minimum atomic E-state index is -0.915. The molecule has 0 saturated heterocycles. The van der Waals surface area contributed by atoms with Gasteiger partial charge in [-0.2, -0.15) is 0 Å². The molecule has 20 heavy (non-hydrogen) atoms. The maximum Gasteiger partial charge on any atom is 0.182 e. The second kappa shape index (κ2) is 5.88. The van der Waals surface area contributed by atoms with Crippen LogP contribution in [-0.4, -0.2) is 14.2 Å². The molecule has 0 heterocycles. The van der Waals surface area contributed by atoms with Gasteiger partial charge in [0.2, 0.25) is 0 Å². The summed E-state index contributed by atoms with van der Waals surface area (Å²) in [6, 6.07) is 10.1. The molecule has 0 bridgehead atoms. The van der Waals surface area contributed by atoms with Crippen LogP contribution in [0.15, 0.2) is 36.4 Å². The van der Waals surface area contributed by atoms with Gasteiger partial charge in [0.25, 0.3) is 0 Å². The van der Waals surface area contributed by atoms with Gasteiger partial charge in [-0.3, -0.25) is 0 Å². The van der Waals surface area contributed by atoms with Crippen molar-refractivity contribution < 1.29 is 13.5 Å². The van der Waals surface area contributed by atoms with E-state index in [1.165, 1.54) is 24.1 Å². The molecule has 0 spiro atoms. The molecule has 106 valence electrons. The van der Waals surface area contributed by atoms with Crippen LogP contribution in [0.4, 0.5) is 20.2 Å². The lowest BCUT2D eigenvalue weighted by molar-refractivity contribution is 0.415. The van der Waals surface area contributed by atoms with Crippen molar-refractivity contribution in [3.8, 4) is 5.75 Å². The van der Waals surface area contributed by atoms with Crippen LogP contribution >= 0.6 is 0 Å². The van der Waals surface area contributed by atoms with E-state index in [1.807, 2.05) is 6.07 Å². The van der Waals surface area contributed by atoms with Crippen molar-refractivity contribution in [3.05, 3.63) is 53.6 Å². The van der Waals surface area contributed by atoms with Crippen molar-refractivity contribution in [1.82, 2.24) is 0 Å². The molecule has 2 aromatic carbocycles. The number of benzene rings is 2. The Bertz CT molecular complexity index is 617. The van der Waals surface area contributed by atoms with Crippen LogP contribution in [0, 0.1) is 11.6 Å². The van der Waals surface area contributed by atoms with E-state index in [2.05, 4.69) is 0 Å². The van der Waals surface area contributed by atoms with E-state index in [-0.39, 0.29) is 17.8 Å². The Morgan fingerprint density at radius 1 is 1.05 bits per heavy atom. The van der Waals surface area contributed by atoms with E-state index in [9.17, 15) is 8.78 Å². The molecule has 5 heteroatoms. The van der Waals surface area contributed by atoms with Crippen molar-refractivity contribution in [1.29, 1.82) is 0 Å². The number of anilines is 2.